The summed E-state index contributed by atoms with van der Waals surface area (Å²) < 4.78 is 4.85. The summed E-state index contributed by atoms with van der Waals surface area (Å²) in [5, 5.41) is 3.89. The van der Waals surface area contributed by atoms with E-state index in [0.29, 0.717) is 22.1 Å². The number of amides is 1. The van der Waals surface area contributed by atoms with Crippen LogP contribution in [0.1, 0.15) is 33.4 Å². The second-order valence-electron chi connectivity index (χ2n) is 5.00. The third-order valence-electron chi connectivity index (χ3n) is 3.31. The molecule has 1 N–H and O–H groups in total. The van der Waals surface area contributed by atoms with Gasteiger partial charge in [0.05, 0.1) is 18.4 Å². The predicted octanol–water partition coefficient (Wildman–Crippen LogP) is 3.23. The van der Waals surface area contributed by atoms with E-state index in [-0.39, 0.29) is 11.7 Å². The number of hydrogen-bond donors (Lipinski definition) is 1. The van der Waals surface area contributed by atoms with Crippen molar-refractivity contribution in [3.05, 3.63) is 34.0 Å². The smallest absolute Gasteiger partial charge is 0.341 e. The number of hydrogen-bond acceptors (Lipinski definition) is 7. The summed E-state index contributed by atoms with van der Waals surface area (Å²) in [6.45, 7) is 5.77. The van der Waals surface area contributed by atoms with Gasteiger partial charge in [-0.3, -0.25) is 4.79 Å². The summed E-state index contributed by atoms with van der Waals surface area (Å²) in [6.07, 6.45) is 2.36. The Morgan fingerprint density at radius 2 is 2.12 bits per heavy atom. The molecule has 0 saturated carbocycles. The number of nitrogens with zero attached hydrogens (tertiary/aromatic N) is 2. The van der Waals surface area contributed by atoms with Crippen molar-refractivity contribution in [1.82, 2.24) is 9.97 Å². The standard InChI is InChI=1S/C16H19N3O3S2/c1-5-11-10(3)24-14(13(11)15(21)22-4)19-12(20)8-23-16-17-7-6-9(2)18-16/h6-7H,5,8H2,1-4H3,(H,19,20). The largest absolute Gasteiger partial charge is 0.465 e. The monoisotopic (exact) mass is 365 g/mol. The third-order valence-corrected chi connectivity index (χ3v) is 5.23. The zero-order valence-corrected chi connectivity index (χ0v) is 15.6. The second kappa shape index (κ2) is 8.25. The van der Waals surface area contributed by atoms with Crippen LogP contribution >= 0.6 is 23.1 Å². The minimum absolute atomic E-state index is 0.169. The van der Waals surface area contributed by atoms with Crippen LogP contribution in [0.3, 0.4) is 0 Å². The Hall–Kier alpha value is -1.93. The first-order valence-electron chi connectivity index (χ1n) is 7.39. The van der Waals surface area contributed by atoms with Crippen LogP contribution in [-0.4, -0.2) is 34.7 Å². The maximum absolute atomic E-state index is 12.2. The molecule has 8 heteroatoms. The van der Waals surface area contributed by atoms with Crippen molar-refractivity contribution < 1.29 is 14.3 Å². The summed E-state index contributed by atoms with van der Waals surface area (Å²) in [4.78, 5) is 33.6. The van der Waals surface area contributed by atoms with Crippen molar-refractivity contribution in [1.29, 1.82) is 0 Å². The molecular weight excluding hydrogens is 346 g/mol. The number of carbonyl (C=O) groups excluding carboxylic acids is 2. The number of methoxy groups -OCH3 is 1. The van der Waals surface area contributed by atoms with Crippen LogP contribution in [0.4, 0.5) is 5.00 Å². The number of anilines is 1. The average Bonchev–Trinajstić information content (AvgIpc) is 2.87. The van der Waals surface area contributed by atoms with Gasteiger partial charge in [-0.2, -0.15) is 0 Å². The minimum Gasteiger partial charge on any atom is -0.465 e. The molecule has 0 aliphatic heterocycles. The van der Waals surface area contributed by atoms with Gasteiger partial charge < -0.3 is 10.1 Å². The van der Waals surface area contributed by atoms with E-state index in [9.17, 15) is 9.59 Å². The van der Waals surface area contributed by atoms with E-state index in [2.05, 4.69) is 15.3 Å². The lowest BCUT2D eigenvalue weighted by molar-refractivity contribution is -0.113. The quantitative estimate of drug-likeness (QED) is 0.481. The fourth-order valence-corrected chi connectivity index (χ4v) is 4.02. The Morgan fingerprint density at radius 1 is 1.38 bits per heavy atom. The van der Waals surface area contributed by atoms with E-state index in [1.54, 1.807) is 12.3 Å². The van der Waals surface area contributed by atoms with Gasteiger partial charge in [0.2, 0.25) is 5.91 Å². The molecule has 24 heavy (non-hydrogen) atoms. The third kappa shape index (κ3) is 4.33. The Labute approximate surface area is 149 Å². The van der Waals surface area contributed by atoms with E-state index in [4.69, 9.17) is 4.74 Å². The van der Waals surface area contributed by atoms with Crippen molar-refractivity contribution in [2.45, 2.75) is 32.3 Å². The molecule has 0 fully saturated rings. The molecule has 0 atom stereocenters. The lowest BCUT2D eigenvalue weighted by Gasteiger charge is -2.06. The molecule has 0 aromatic carbocycles. The normalized spacial score (nSPS) is 10.5. The van der Waals surface area contributed by atoms with Crippen LogP contribution in [-0.2, 0) is 16.0 Å². The van der Waals surface area contributed by atoms with Crippen molar-refractivity contribution >= 4 is 40.0 Å². The first-order chi connectivity index (χ1) is 11.5. The number of esters is 1. The van der Waals surface area contributed by atoms with E-state index in [1.807, 2.05) is 20.8 Å². The summed E-state index contributed by atoms with van der Waals surface area (Å²) in [5.41, 5.74) is 2.21. The minimum atomic E-state index is -0.429. The molecule has 0 unspecified atom stereocenters. The molecule has 2 heterocycles. The van der Waals surface area contributed by atoms with Gasteiger partial charge in [0.25, 0.3) is 0 Å². The van der Waals surface area contributed by atoms with Crippen LogP contribution in [0, 0.1) is 13.8 Å². The molecule has 0 bridgehead atoms. The van der Waals surface area contributed by atoms with E-state index in [1.165, 1.54) is 30.2 Å². The highest BCUT2D eigenvalue weighted by atomic mass is 32.2. The highest BCUT2D eigenvalue weighted by molar-refractivity contribution is 7.99. The predicted molar refractivity (Wildman–Crippen MR) is 95.9 cm³/mol. The molecule has 0 spiro atoms. The molecule has 0 radical (unpaired) electrons. The van der Waals surface area contributed by atoms with Gasteiger partial charge in [-0.05, 0) is 31.9 Å². The summed E-state index contributed by atoms with van der Waals surface area (Å²) in [5.74, 6) is -0.469. The molecule has 2 rings (SSSR count). The van der Waals surface area contributed by atoms with Crippen molar-refractivity contribution in [3.63, 3.8) is 0 Å². The zero-order valence-electron chi connectivity index (χ0n) is 14.0. The maximum Gasteiger partial charge on any atom is 0.341 e. The lowest BCUT2D eigenvalue weighted by atomic mass is 10.1. The van der Waals surface area contributed by atoms with Crippen LogP contribution in [0.15, 0.2) is 17.4 Å². The number of thioether (sulfide) groups is 1. The number of thiophene rings is 1. The van der Waals surface area contributed by atoms with Gasteiger partial charge in [-0.25, -0.2) is 14.8 Å². The topological polar surface area (TPSA) is 81.2 Å². The number of aromatic nitrogens is 2. The van der Waals surface area contributed by atoms with Crippen LogP contribution in [0.2, 0.25) is 0 Å². The summed E-state index contributed by atoms with van der Waals surface area (Å²) >= 11 is 2.64. The average molecular weight is 365 g/mol. The first-order valence-corrected chi connectivity index (χ1v) is 9.19. The second-order valence-corrected chi connectivity index (χ2v) is 7.17. The Bertz CT molecular complexity index is 759. The Balaban J connectivity index is 2.10. The molecular formula is C16H19N3O3S2. The maximum atomic E-state index is 12.2. The van der Waals surface area contributed by atoms with Crippen LogP contribution < -0.4 is 5.32 Å². The number of nitrogens with one attached hydrogen (secondary N) is 1. The van der Waals surface area contributed by atoms with Gasteiger partial charge in [-0.1, -0.05) is 18.7 Å². The van der Waals surface area contributed by atoms with E-state index < -0.39 is 5.97 Å². The highest BCUT2D eigenvalue weighted by Gasteiger charge is 2.23. The SMILES string of the molecule is CCc1c(C)sc(NC(=O)CSc2nccc(C)n2)c1C(=O)OC. The fourth-order valence-electron chi connectivity index (χ4n) is 2.20. The molecule has 2 aromatic rings. The van der Waals surface area contributed by atoms with Crippen LogP contribution in [0.5, 0.6) is 0 Å². The van der Waals surface area contributed by atoms with E-state index in [0.717, 1.165) is 16.1 Å². The molecule has 0 aliphatic carbocycles. The number of rotatable bonds is 6. The van der Waals surface area contributed by atoms with Crippen molar-refractivity contribution in [3.8, 4) is 0 Å². The van der Waals surface area contributed by atoms with Crippen LogP contribution in [0.25, 0.3) is 0 Å². The zero-order chi connectivity index (χ0) is 17.7. The molecule has 6 nitrogen and oxygen atoms in total. The van der Waals surface area contributed by atoms with Gasteiger partial charge in [0.1, 0.15) is 5.00 Å². The van der Waals surface area contributed by atoms with Gasteiger partial charge in [0.15, 0.2) is 5.16 Å². The van der Waals surface area contributed by atoms with E-state index >= 15 is 0 Å². The van der Waals surface area contributed by atoms with Gasteiger partial charge in [-0.15, -0.1) is 11.3 Å². The Morgan fingerprint density at radius 3 is 2.75 bits per heavy atom. The number of aryl methyl sites for hydroxylation is 2. The van der Waals surface area contributed by atoms with Gasteiger partial charge >= 0.3 is 5.97 Å². The summed E-state index contributed by atoms with van der Waals surface area (Å²) in [7, 11) is 1.34. The lowest BCUT2D eigenvalue weighted by Crippen LogP contribution is -2.16. The van der Waals surface area contributed by atoms with Crippen molar-refractivity contribution in [2.75, 3.05) is 18.2 Å². The van der Waals surface area contributed by atoms with Gasteiger partial charge in [0, 0.05) is 16.8 Å². The Kier molecular flexibility index (Phi) is 6.33. The number of carbonyl (C=O) groups is 2. The molecule has 0 aliphatic rings. The molecule has 1 amide bonds. The molecule has 0 saturated heterocycles. The van der Waals surface area contributed by atoms with Crippen molar-refractivity contribution in [2.24, 2.45) is 0 Å². The number of ether oxygens (including phenoxy) is 1. The fraction of sp³-hybridized carbons (Fsp3) is 0.375. The molecule has 128 valence electrons. The molecule has 2 aromatic heterocycles. The first kappa shape index (κ1) is 18.4. The highest BCUT2D eigenvalue weighted by Crippen LogP contribution is 2.34. The summed E-state index contributed by atoms with van der Waals surface area (Å²) in [6, 6.07) is 1.80.